The second-order valence-corrected chi connectivity index (χ2v) is 7.94. The van der Waals surface area contributed by atoms with Crippen LogP contribution in [0.1, 0.15) is 5.56 Å². The Hall–Kier alpha value is -3.49. The minimum atomic E-state index is -0.244. The third-order valence-electron chi connectivity index (χ3n) is 4.58. The summed E-state index contributed by atoms with van der Waals surface area (Å²) in [7, 11) is 2.89. The molecule has 2 aromatic carbocycles. The molecule has 0 unspecified atom stereocenters. The van der Waals surface area contributed by atoms with E-state index in [-0.39, 0.29) is 28.3 Å². The third kappa shape index (κ3) is 4.28. The Morgan fingerprint density at radius 3 is 2.41 bits per heavy atom. The van der Waals surface area contributed by atoms with Crippen LogP contribution in [0.25, 0.3) is 6.08 Å². The highest BCUT2D eigenvalue weighted by atomic mass is 35.5. The van der Waals surface area contributed by atoms with Gasteiger partial charge in [0.25, 0.3) is 5.91 Å². The number of carbonyl (C=O) groups excluding carboxylic acids is 1. The number of rotatable bonds is 5. The average molecular weight is 468 g/mol. The van der Waals surface area contributed by atoms with E-state index < -0.39 is 0 Å². The van der Waals surface area contributed by atoms with Crippen LogP contribution in [-0.2, 0) is 4.79 Å². The summed E-state index contributed by atoms with van der Waals surface area (Å²) in [5, 5.41) is 10.8. The maximum atomic E-state index is 13.4. The number of para-hydroxylation sites is 1. The summed E-state index contributed by atoms with van der Waals surface area (Å²) in [6, 6.07) is 15.9. The summed E-state index contributed by atoms with van der Waals surface area (Å²) >= 11 is 7.39. The van der Waals surface area contributed by atoms with Gasteiger partial charge in [-0.25, -0.2) is 9.98 Å². The van der Waals surface area contributed by atoms with Crippen molar-refractivity contribution in [3.8, 4) is 17.2 Å². The highest BCUT2D eigenvalue weighted by Crippen LogP contribution is 2.41. The Labute approximate surface area is 194 Å². The summed E-state index contributed by atoms with van der Waals surface area (Å²) < 4.78 is 10.4. The molecule has 4 rings (SSSR count). The monoisotopic (exact) mass is 467 g/mol. The number of aromatic hydroxyl groups is 1. The maximum Gasteiger partial charge on any atom is 0.271 e. The van der Waals surface area contributed by atoms with Gasteiger partial charge in [-0.2, -0.15) is 0 Å². The molecule has 0 aliphatic carbocycles. The molecule has 0 bridgehead atoms. The van der Waals surface area contributed by atoms with Gasteiger partial charge in [0, 0.05) is 6.20 Å². The van der Waals surface area contributed by atoms with E-state index in [0.29, 0.717) is 27.0 Å². The van der Waals surface area contributed by atoms with Gasteiger partial charge in [0.15, 0.2) is 21.8 Å². The largest absolute Gasteiger partial charge is 0.502 e. The number of amidine groups is 1. The van der Waals surface area contributed by atoms with Crippen LogP contribution in [0.4, 0.5) is 11.4 Å². The van der Waals surface area contributed by atoms with Gasteiger partial charge in [-0.1, -0.05) is 29.8 Å². The van der Waals surface area contributed by atoms with Crippen molar-refractivity contribution in [1.82, 2.24) is 4.98 Å². The van der Waals surface area contributed by atoms with Gasteiger partial charge in [-0.3, -0.25) is 9.69 Å². The smallest absolute Gasteiger partial charge is 0.271 e. The normalized spacial score (nSPS) is 16.1. The summed E-state index contributed by atoms with van der Waals surface area (Å²) in [4.78, 5) is 24.0. The SMILES string of the molecule is COc1cc(/C=C2\SC(=Nc3cccnc3Cl)N(c3ccccc3)C2=O)cc(OC)c1O. The summed E-state index contributed by atoms with van der Waals surface area (Å²) in [6.45, 7) is 0. The van der Waals surface area contributed by atoms with Crippen LogP contribution < -0.4 is 14.4 Å². The van der Waals surface area contributed by atoms with Crippen LogP contribution in [0.2, 0.25) is 5.15 Å². The van der Waals surface area contributed by atoms with Crippen molar-refractivity contribution in [2.75, 3.05) is 19.1 Å². The summed E-state index contributed by atoms with van der Waals surface area (Å²) in [5.74, 6) is 0.123. The molecule has 9 heteroatoms. The lowest BCUT2D eigenvalue weighted by molar-refractivity contribution is -0.113. The Kier molecular flexibility index (Phi) is 6.34. The van der Waals surface area contributed by atoms with E-state index in [1.165, 1.54) is 30.9 Å². The molecule has 1 N–H and O–H groups in total. The van der Waals surface area contributed by atoms with Crippen molar-refractivity contribution < 1.29 is 19.4 Å². The number of thioether (sulfide) groups is 1. The molecule has 1 amide bonds. The number of pyridine rings is 1. The number of phenols is 1. The van der Waals surface area contributed by atoms with Crippen molar-refractivity contribution >= 4 is 51.9 Å². The first-order chi connectivity index (χ1) is 15.5. The van der Waals surface area contributed by atoms with Crippen LogP contribution in [0, 0.1) is 0 Å². The predicted molar refractivity (Wildman–Crippen MR) is 127 cm³/mol. The van der Waals surface area contributed by atoms with Crippen LogP contribution in [0.3, 0.4) is 0 Å². The van der Waals surface area contributed by atoms with E-state index in [2.05, 4.69) is 9.98 Å². The highest BCUT2D eigenvalue weighted by molar-refractivity contribution is 8.19. The number of hydrogen-bond donors (Lipinski definition) is 1. The number of ether oxygens (including phenoxy) is 2. The van der Waals surface area contributed by atoms with E-state index in [4.69, 9.17) is 21.1 Å². The van der Waals surface area contributed by atoms with Crippen LogP contribution in [0.5, 0.6) is 17.2 Å². The molecule has 0 saturated carbocycles. The Morgan fingerprint density at radius 2 is 1.78 bits per heavy atom. The predicted octanol–water partition coefficient (Wildman–Crippen LogP) is 5.27. The molecular weight excluding hydrogens is 450 g/mol. The zero-order chi connectivity index (χ0) is 22.7. The fraction of sp³-hybridized carbons (Fsp3) is 0.0870. The second kappa shape index (κ2) is 9.33. The number of phenolic OH excluding ortho intramolecular Hbond substituents is 1. The minimum Gasteiger partial charge on any atom is -0.502 e. The number of hydrogen-bond acceptors (Lipinski definition) is 7. The molecule has 1 aliphatic heterocycles. The minimum absolute atomic E-state index is 0.109. The number of anilines is 1. The Balaban J connectivity index is 1.80. The Bertz CT molecular complexity index is 1210. The average Bonchev–Trinajstić information content (AvgIpc) is 3.11. The quantitative estimate of drug-likeness (QED) is 0.406. The molecule has 2 heterocycles. The molecule has 1 aromatic heterocycles. The van der Waals surface area contributed by atoms with Crippen molar-refractivity contribution in [1.29, 1.82) is 0 Å². The standard InChI is InChI=1S/C23H18ClN3O4S/c1-30-17-11-14(12-18(31-2)20(17)28)13-19-22(29)27(15-7-4-3-5-8-15)23(32-19)26-16-9-6-10-25-21(16)24/h3-13,28H,1-2H3/b19-13-,26-23?. The first kappa shape index (κ1) is 21.7. The zero-order valence-electron chi connectivity index (χ0n) is 17.2. The fourth-order valence-corrected chi connectivity index (χ4v) is 4.22. The van der Waals surface area contributed by atoms with E-state index in [9.17, 15) is 9.90 Å². The zero-order valence-corrected chi connectivity index (χ0v) is 18.7. The Morgan fingerprint density at radius 1 is 1.09 bits per heavy atom. The number of aliphatic imine (C=N–C) groups is 1. The molecule has 32 heavy (non-hydrogen) atoms. The number of benzene rings is 2. The first-order valence-corrected chi connectivity index (χ1v) is 10.6. The molecule has 1 saturated heterocycles. The molecule has 1 aliphatic rings. The number of amides is 1. The lowest BCUT2D eigenvalue weighted by atomic mass is 10.1. The van der Waals surface area contributed by atoms with Crippen molar-refractivity contribution in [3.63, 3.8) is 0 Å². The number of nitrogens with zero attached hydrogens (tertiary/aromatic N) is 3. The van der Waals surface area contributed by atoms with Gasteiger partial charge in [-0.05, 0) is 59.8 Å². The summed E-state index contributed by atoms with van der Waals surface area (Å²) in [6.07, 6.45) is 3.27. The molecule has 3 aromatic rings. The van der Waals surface area contributed by atoms with Crippen molar-refractivity contribution in [2.24, 2.45) is 4.99 Å². The van der Waals surface area contributed by atoms with Gasteiger partial charge < -0.3 is 14.6 Å². The van der Waals surface area contributed by atoms with E-state index in [1.54, 1.807) is 36.5 Å². The van der Waals surface area contributed by atoms with Gasteiger partial charge in [0.1, 0.15) is 5.69 Å². The lowest BCUT2D eigenvalue weighted by Gasteiger charge is -2.15. The van der Waals surface area contributed by atoms with Crippen LogP contribution in [0.15, 0.2) is 70.7 Å². The van der Waals surface area contributed by atoms with Crippen molar-refractivity contribution in [3.05, 3.63) is 76.4 Å². The van der Waals surface area contributed by atoms with Gasteiger partial charge in [-0.15, -0.1) is 0 Å². The van der Waals surface area contributed by atoms with Gasteiger partial charge >= 0.3 is 0 Å². The molecular formula is C23H18ClN3O4S. The van der Waals surface area contributed by atoms with E-state index in [1.807, 2.05) is 30.3 Å². The van der Waals surface area contributed by atoms with Gasteiger partial charge in [0.2, 0.25) is 5.75 Å². The highest BCUT2D eigenvalue weighted by Gasteiger charge is 2.35. The molecule has 0 spiro atoms. The number of aromatic nitrogens is 1. The van der Waals surface area contributed by atoms with E-state index in [0.717, 1.165) is 0 Å². The van der Waals surface area contributed by atoms with Crippen molar-refractivity contribution in [2.45, 2.75) is 0 Å². The maximum absolute atomic E-state index is 13.4. The van der Waals surface area contributed by atoms with Crippen LogP contribution >= 0.6 is 23.4 Å². The molecule has 7 nitrogen and oxygen atoms in total. The molecule has 0 radical (unpaired) electrons. The van der Waals surface area contributed by atoms with Crippen LogP contribution in [-0.4, -0.2) is 35.4 Å². The third-order valence-corrected chi connectivity index (χ3v) is 5.84. The first-order valence-electron chi connectivity index (χ1n) is 9.45. The number of carbonyl (C=O) groups is 1. The number of methoxy groups -OCH3 is 2. The topological polar surface area (TPSA) is 84.3 Å². The lowest BCUT2D eigenvalue weighted by Crippen LogP contribution is -2.28. The fourth-order valence-electron chi connectivity index (χ4n) is 3.07. The second-order valence-electron chi connectivity index (χ2n) is 6.57. The van der Waals surface area contributed by atoms with E-state index >= 15 is 0 Å². The molecule has 1 fully saturated rings. The van der Waals surface area contributed by atoms with Gasteiger partial charge in [0.05, 0.1) is 24.8 Å². The molecule has 162 valence electrons. The molecule has 0 atom stereocenters. The number of halogens is 1. The summed E-state index contributed by atoms with van der Waals surface area (Å²) in [5.41, 5.74) is 1.76.